The molecule has 1 heterocycles. The van der Waals surface area contributed by atoms with Crippen molar-refractivity contribution in [2.24, 2.45) is 0 Å². The molecular formula is C22H22N2O4S2. The molecular weight excluding hydrogens is 420 g/mol. The van der Waals surface area contributed by atoms with Gasteiger partial charge in [-0.05, 0) is 36.1 Å². The third kappa shape index (κ3) is 5.34. The van der Waals surface area contributed by atoms with Gasteiger partial charge < -0.3 is 10.6 Å². The lowest BCUT2D eigenvalue weighted by Crippen LogP contribution is -2.42. The summed E-state index contributed by atoms with van der Waals surface area (Å²) in [4.78, 5) is 25.1. The molecule has 0 fully saturated rings. The van der Waals surface area contributed by atoms with Gasteiger partial charge in [0.15, 0.2) is 9.84 Å². The lowest BCUT2D eigenvalue weighted by Gasteiger charge is -2.17. The van der Waals surface area contributed by atoms with Crippen molar-refractivity contribution in [2.45, 2.75) is 23.6 Å². The number of hydrogen-bond donors (Lipinski definition) is 2. The molecule has 3 aromatic rings. The number of nitrogens with one attached hydrogen (secondary N) is 2. The van der Waals surface area contributed by atoms with Crippen LogP contribution >= 0.6 is 11.3 Å². The number of sulfone groups is 1. The molecule has 2 N–H and O–H groups in total. The Morgan fingerprint density at radius 1 is 0.900 bits per heavy atom. The van der Waals surface area contributed by atoms with Crippen LogP contribution in [0.4, 0.5) is 0 Å². The molecule has 30 heavy (non-hydrogen) atoms. The van der Waals surface area contributed by atoms with Crippen molar-refractivity contribution in [3.63, 3.8) is 0 Å². The van der Waals surface area contributed by atoms with Gasteiger partial charge in [-0.2, -0.15) is 0 Å². The van der Waals surface area contributed by atoms with Crippen LogP contribution in [0.5, 0.6) is 0 Å². The summed E-state index contributed by atoms with van der Waals surface area (Å²) < 4.78 is 26.4. The maximum atomic E-state index is 13.2. The fourth-order valence-electron chi connectivity index (χ4n) is 2.85. The summed E-state index contributed by atoms with van der Waals surface area (Å²) in [5.41, 5.74) is 1.81. The number of benzene rings is 2. The molecule has 2 aromatic carbocycles. The third-order valence-corrected chi connectivity index (χ3v) is 7.77. The highest BCUT2D eigenvalue weighted by Crippen LogP contribution is 2.31. The molecule has 8 heteroatoms. The lowest BCUT2D eigenvalue weighted by atomic mass is 10.2. The highest BCUT2D eigenvalue weighted by atomic mass is 32.2. The third-order valence-electron chi connectivity index (χ3n) is 4.53. The van der Waals surface area contributed by atoms with Crippen molar-refractivity contribution >= 4 is 33.0 Å². The van der Waals surface area contributed by atoms with Crippen LogP contribution in [0, 0.1) is 6.92 Å². The van der Waals surface area contributed by atoms with Gasteiger partial charge in [-0.15, -0.1) is 11.3 Å². The Morgan fingerprint density at radius 3 is 2.20 bits per heavy atom. The smallest absolute Gasteiger partial charge is 0.309 e. The van der Waals surface area contributed by atoms with E-state index in [1.807, 2.05) is 37.3 Å². The van der Waals surface area contributed by atoms with Gasteiger partial charge in [-0.1, -0.05) is 54.1 Å². The topological polar surface area (TPSA) is 92.3 Å². The molecule has 0 aliphatic heterocycles. The van der Waals surface area contributed by atoms with E-state index in [1.54, 1.807) is 41.8 Å². The standard InChI is InChI=1S/C22H22N2O4S2/c1-16-9-11-18(12-10-16)30(27,28)20(19-8-5-13-29-19)15-24-22(26)21(25)23-14-17-6-3-2-4-7-17/h2-13,20H,14-15H2,1H3,(H,23,25)(H,24,26)/t20-/m1/s1. The van der Waals surface area contributed by atoms with Gasteiger partial charge in [0.25, 0.3) is 0 Å². The summed E-state index contributed by atoms with van der Waals surface area (Å²) in [5.74, 6) is -1.68. The van der Waals surface area contributed by atoms with Gasteiger partial charge in [0.2, 0.25) is 0 Å². The van der Waals surface area contributed by atoms with Gasteiger partial charge in [0.1, 0.15) is 5.25 Å². The molecule has 1 aromatic heterocycles. The van der Waals surface area contributed by atoms with E-state index in [0.29, 0.717) is 4.88 Å². The van der Waals surface area contributed by atoms with E-state index >= 15 is 0 Å². The van der Waals surface area contributed by atoms with E-state index < -0.39 is 26.9 Å². The number of hydrogen-bond acceptors (Lipinski definition) is 5. The summed E-state index contributed by atoms with van der Waals surface area (Å²) in [6.45, 7) is 1.89. The van der Waals surface area contributed by atoms with Gasteiger partial charge in [0.05, 0.1) is 4.90 Å². The van der Waals surface area contributed by atoms with E-state index in [-0.39, 0.29) is 18.0 Å². The van der Waals surface area contributed by atoms with Gasteiger partial charge in [-0.3, -0.25) is 9.59 Å². The van der Waals surface area contributed by atoms with Gasteiger partial charge in [-0.25, -0.2) is 8.42 Å². The van der Waals surface area contributed by atoms with Gasteiger partial charge >= 0.3 is 11.8 Å². The van der Waals surface area contributed by atoms with Crippen LogP contribution in [0.25, 0.3) is 0 Å². The van der Waals surface area contributed by atoms with Crippen molar-refractivity contribution in [3.05, 3.63) is 88.1 Å². The summed E-state index contributed by atoms with van der Waals surface area (Å²) in [7, 11) is -3.75. The number of amides is 2. The molecule has 6 nitrogen and oxygen atoms in total. The second-order valence-corrected chi connectivity index (χ2v) is 9.85. The molecule has 1 atom stereocenters. The first-order chi connectivity index (χ1) is 14.4. The average molecular weight is 443 g/mol. The fraction of sp³-hybridized carbons (Fsp3) is 0.182. The molecule has 0 spiro atoms. The Balaban J connectivity index is 1.69. The Hall–Kier alpha value is -2.97. The second kappa shape index (κ2) is 9.69. The van der Waals surface area contributed by atoms with Crippen LogP contribution in [0.1, 0.15) is 21.3 Å². The maximum absolute atomic E-state index is 13.2. The van der Waals surface area contributed by atoms with Crippen molar-refractivity contribution in [1.82, 2.24) is 10.6 Å². The predicted molar refractivity (Wildman–Crippen MR) is 117 cm³/mol. The Morgan fingerprint density at radius 2 is 1.57 bits per heavy atom. The molecule has 0 bridgehead atoms. The highest BCUT2D eigenvalue weighted by Gasteiger charge is 2.31. The Kier molecular flexibility index (Phi) is 7.02. The summed E-state index contributed by atoms with van der Waals surface area (Å²) in [6.07, 6.45) is 0. The van der Waals surface area contributed by atoms with E-state index in [1.165, 1.54) is 11.3 Å². The summed E-state index contributed by atoms with van der Waals surface area (Å²) in [6, 6.07) is 19.2. The molecule has 2 amide bonds. The molecule has 3 rings (SSSR count). The number of rotatable bonds is 7. The quantitative estimate of drug-likeness (QED) is 0.550. The van der Waals surface area contributed by atoms with E-state index in [0.717, 1.165) is 11.1 Å². The zero-order valence-corrected chi connectivity index (χ0v) is 18.0. The maximum Gasteiger partial charge on any atom is 0.309 e. The number of thiophene rings is 1. The van der Waals surface area contributed by atoms with Crippen LogP contribution in [-0.4, -0.2) is 26.8 Å². The zero-order chi connectivity index (χ0) is 21.6. The van der Waals surface area contributed by atoms with Gasteiger partial charge in [0, 0.05) is 18.0 Å². The van der Waals surface area contributed by atoms with E-state index in [9.17, 15) is 18.0 Å². The Labute approximate surface area is 179 Å². The molecule has 0 radical (unpaired) electrons. The Bertz CT molecular complexity index is 1090. The van der Waals surface area contributed by atoms with Crippen molar-refractivity contribution in [1.29, 1.82) is 0 Å². The summed E-state index contributed by atoms with van der Waals surface area (Å²) in [5, 5.41) is 5.81. The molecule has 0 unspecified atom stereocenters. The summed E-state index contributed by atoms with van der Waals surface area (Å²) >= 11 is 1.29. The minimum absolute atomic E-state index is 0.175. The minimum Gasteiger partial charge on any atom is -0.346 e. The second-order valence-electron chi connectivity index (χ2n) is 6.74. The van der Waals surface area contributed by atoms with Crippen molar-refractivity contribution in [2.75, 3.05) is 6.54 Å². The van der Waals surface area contributed by atoms with Crippen molar-refractivity contribution < 1.29 is 18.0 Å². The number of aryl methyl sites for hydroxylation is 1. The van der Waals surface area contributed by atoms with Crippen LogP contribution in [0.15, 0.2) is 77.0 Å². The molecule has 0 aliphatic carbocycles. The van der Waals surface area contributed by atoms with Crippen LogP contribution in [-0.2, 0) is 26.0 Å². The lowest BCUT2D eigenvalue weighted by molar-refractivity contribution is -0.139. The van der Waals surface area contributed by atoms with E-state index in [2.05, 4.69) is 10.6 Å². The first-order valence-corrected chi connectivity index (χ1v) is 11.7. The zero-order valence-electron chi connectivity index (χ0n) is 16.4. The molecule has 0 saturated carbocycles. The average Bonchev–Trinajstić information content (AvgIpc) is 3.27. The predicted octanol–water partition coefficient (Wildman–Crippen LogP) is 3.00. The highest BCUT2D eigenvalue weighted by molar-refractivity contribution is 7.91. The fourth-order valence-corrected chi connectivity index (χ4v) is 5.64. The van der Waals surface area contributed by atoms with E-state index in [4.69, 9.17) is 0 Å². The monoisotopic (exact) mass is 442 g/mol. The first kappa shape index (κ1) is 21.7. The molecule has 156 valence electrons. The van der Waals surface area contributed by atoms with Crippen LogP contribution < -0.4 is 10.6 Å². The normalized spacial score (nSPS) is 12.2. The van der Waals surface area contributed by atoms with Crippen molar-refractivity contribution in [3.8, 4) is 0 Å². The minimum atomic E-state index is -3.75. The largest absolute Gasteiger partial charge is 0.346 e. The van der Waals surface area contributed by atoms with Crippen LogP contribution in [0.3, 0.4) is 0 Å². The van der Waals surface area contributed by atoms with Crippen LogP contribution in [0.2, 0.25) is 0 Å². The molecule has 0 saturated heterocycles. The first-order valence-electron chi connectivity index (χ1n) is 9.32. The molecule has 0 aliphatic rings. The number of carbonyl (C=O) groups is 2. The number of carbonyl (C=O) groups excluding carboxylic acids is 2. The SMILES string of the molecule is Cc1ccc(S(=O)(=O)[C@H](CNC(=O)C(=O)NCc2ccccc2)c2cccs2)cc1.